The Bertz CT molecular complexity index is 714. The lowest BCUT2D eigenvalue weighted by Crippen LogP contribution is -2.22. The summed E-state index contributed by atoms with van der Waals surface area (Å²) in [5, 5.41) is 2.09. The summed E-state index contributed by atoms with van der Waals surface area (Å²) in [6.45, 7) is 1.62. The Labute approximate surface area is 121 Å². The molecule has 1 fully saturated rings. The second-order valence-electron chi connectivity index (χ2n) is 5.00. The standard InChI is InChI=1S/C15H15N3OS/c1-5-12-14(16-7-1)18(11-4-2-8-19-10-11)15(17-12)13-6-3-9-20-13/h1,3,5-7,9,11H,2,4,8,10H2. The van der Waals surface area contributed by atoms with Gasteiger partial charge in [0.05, 0.1) is 17.5 Å². The van der Waals surface area contributed by atoms with Crippen molar-refractivity contribution < 1.29 is 4.74 Å². The van der Waals surface area contributed by atoms with E-state index in [0.29, 0.717) is 6.04 Å². The third-order valence-electron chi connectivity index (χ3n) is 3.69. The van der Waals surface area contributed by atoms with Crippen LogP contribution in [0.15, 0.2) is 35.8 Å². The summed E-state index contributed by atoms with van der Waals surface area (Å²) in [5.74, 6) is 1.02. The summed E-state index contributed by atoms with van der Waals surface area (Å²) in [6.07, 6.45) is 4.06. The predicted molar refractivity (Wildman–Crippen MR) is 79.9 cm³/mol. The Morgan fingerprint density at radius 3 is 3.10 bits per heavy atom. The second kappa shape index (κ2) is 5.00. The van der Waals surface area contributed by atoms with Crippen molar-refractivity contribution in [2.24, 2.45) is 0 Å². The van der Waals surface area contributed by atoms with Crippen LogP contribution < -0.4 is 0 Å². The Kier molecular flexibility index (Phi) is 3.01. The van der Waals surface area contributed by atoms with Gasteiger partial charge in [-0.2, -0.15) is 0 Å². The summed E-state index contributed by atoms with van der Waals surface area (Å²) in [6, 6.07) is 8.48. The van der Waals surface area contributed by atoms with Gasteiger partial charge in [-0.1, -0.05) is 6.07 Å². The van der Waals surface area contributed by atoms with E-state index in [1.807, 2.05) is 18.3 Å². The molecule has 3 aromatic heterocycles. The number of imidazole rings is 1. The molecule has 5 heteroatoms. The first-order valence-electron chi connectivity index (χ1n) is 6.88. The highest BCUT2D eigenvalue weighted by atomic mass is 32.1. The van der Waals surface area contributed by atoms with Crippen molar-refractivity contribution in [1.29, 1.82) is 0 Å². The zero-order valence-corrected chi connectivity index (χ0v) is 11.8. The van der Waals surface area contributed by atoms with Gasteiger partial charge in [-0.15, -0.1) is 11.3 Å². The summed E-state index contributed by atoms with van der Waals surface area (Å²) in [7, 11) is 0. The molecule has 1 aliphatic rings. The Morgan fingerprint density at radius 1 is 1.30 bits per heavy atom. The van der Waals surface area contributed by atoms with E-state index >= 15 is 0 Å². The lowest BCUT2D eigenvalue weighted by Gasteiger charge is -2.25. The fourth-order valence-electron chi connectivity index (χ4n) is 2.78. The van der Waals surface area contributed by atoms with Gasteiger partial charge in [0.15, 0.2) is 11.5 Å². The first kappa shape index (κ1) is 12.1. The minimum Gasteiger partial charge on any atom is -0.379 e. The molecule has 0 bridgehead atoms. The number of hydrogen-bond donors (Lipinski definition) is 0. The Balaban J connectivity index is 1.93. The monoisotopic (exact) mass is 285 g/mol. The average molecular weight is 285 g/mol. The molecule has 3 aromatic rings. The van der Waals surface area contributed by atoms with Crippen molar-refractivity contribution in [2.75, 3.05) is 13.2 Å². The van der Waals surface area contributed by atoms with Crippen molar-refractivity contribution in [3.63, 3.8) is 0 Å². The zero-order valence-electron chi connectivity index (χ0n) is 11.0. The fraction of sp³-hybridized carbons (Fsp3) is 0.333. The molecule has 0 N–H and O–H groups in total. The summed E-state index contributed by atoms with van der Waals surface area (Å²) >= 11 is 1.72. The molecule has 0 aliphatic carbocycles. The molecule has 4 rings (SSSR count). The molecule has 4 heterocycles. The molecular formula is C15H15N3OS. The van der Waals surface area contributed by atoms with Gasteiger partial charge in [-0.3, -0.25) is 0 Å². The van der Waals surface area contributed by atoms with Crippen molar-refractivity contribution in [1.82, 2.24) is 14.5 Å². The van der Waals surface area contributed by atoms with Crippen LogP contribution in [0.4, 0.5) is 0 Å². The largest absolute Gasteiger partial charge is 0.379 e. The smallest absolute Gasteiger partial charge is 0.160 e. The first-order valence-corrected chi connectivity index (χ1v) is 7.76. The predicted octanol–water partition coefficient (Wildman–Crippen LogP) is 3.51. The van der Waals surface area contributed by atoms with E-state index in [1.54, 1.807) is 11.3 Å². The molecule has 1 saturated heterocycles. The van der Waals surface area contributed by atoms with E-state index in [1.165, 1.54) is 4.88 Å². The number of hydrogen-bond acceptors (Lipinski definition) is 4. The van der Waals surface area contributed by atoms with E-state index in [-0.39, 0.29) is 0 Å². The van der Waals surface area contributed by atoms with E-state index in [4.69, 9.17) is 9.72 Å². The third kappa shape index (κ3) is 1.94. The van der Waals surface area contributed by atoms with Crippen LogP contribution in [0.1, 0.15) is 18.9 Å². The molecule has 0 spiro atoms. The van der Waals surface area contributed by atoms with Gasteiger partial charge in [-0.05, 0) is 36.4 Å². The molecule has 1 atom stereocenters. The van der Waals surface area contributed by atoms with Gasteiger partial charge in [0, 0.05) is 12.8 Å². The van der Waals surface area contributed by atoms with Gasteiger partial charge in [-0.25, -0.2) is 9.97 Å². The number of ether oxygens (including phenoxy) is 1. The van der Waals surface area contributed by atoms with Gasteiger partial charge in [0.25, 0.3) is 0 Å². The molecule has 102 valence electrons. The highest BCUT2D eigenvalue weighted by Crippen LogP contribution is 2.32. The van der Waals surface area contributed by atoms with Crippen molar-refractivity contribution in [2.45, 2.75) is 18.9 Å². The van der Waals surface area contributed by atoms with Crippen LogP contribution in [0, 0.1) is 0 Å². The molecule has 4 nitrogen and oxygen atoms in total. The minimum absolute atomic E-state index is 0.334. The lowest BCUT2D eigenvalue weighted by atomic mass is 10.1. The third-order valence-corrected chi connectivity index (χ3v) is 4.56. The second-order valence-corrected chi connectivity index (χ2v) is 5.95. The molecule has 0 amide bonds. The van der Waals surface area contributed by atoms with Crippen molar-refractivity contribution in [3.05, 3.63) is 35.8 Å². The fourth-order valence-corrected chi connectivity index (χ4v) is 3.49. The minimum atomic E-state index is 0.334. The zero-order chi connectivity index (χ0) is 13.4. The summed E-state index contributed by atoms with van der Waals surface area (Å²) in [4.78, 5) is 10.5. The van der Waals surface area contributed by atoms with Crippen molar-refractivity contribution in [3.8, 4) is 10.7 Å². The van der Waals surface area contributed by atoms with Crippen LogP contribution in [0.2, 0.25) is 0 Å². The Hall–Kier alpha value is -1.72. The van der Waals surface area contributed by atoms with Crippen LogP contribution in [-0.2, 0) is 4.74 Å². The van der Waals surface area contributed by atoms with Gasteiger partial charge in [0.2, 0.25) is 0 Å². The molecule has 20 heavy (non-hydrogen) atoms. The summed E-state index contributed by atoms with van der Waals surface area (Å²) < 4.78 is 7.92. The number of nitrogens with zero attached hydrogens (tertiary/aromatic N) is 3. The Morgan fingerprint density at radius 2 is 2.30 bits per heavy atom. The maximum Gasteiger partial charge on any atom is 0.160 e. The van der Waals surface area contributed by atoms with Crippen LogP contribution in [-0.4, -0.2) is 27.7 Å². The molecule has 1 aliphatic heterocycles. The van der Waals surface area contributed by atoms with E-state index < -0.39 is 0 Å². The van der Waals surface area contributed by atoms with Crippen LogP contribution in [0.5, 0.6) is 0 Å². The van der Waals surface area contributed by atoms with Crippen molar-refractivity contribution >= 4 is 22.5 Å². The highest BCUT2D eigenvalue weighted by molar-refractivity contribution is 7.13. The van der Waals surface area contributed by atoms with E-state index in [0.717, 1.165) is 43.0 Å². The number of pyridine rings is 1. The quantitative estimate of drug-likeness (QED) is 0.723. The van der Waals surface area contributed by atoms with Gasteiger partial charge < -0.3 is 9.30 Å². The van der Waals surface area contributed by atoms with Crippen LogP contribution in [0.3, 0.4) is 0 Å². The summed E-state index contributed by atoms with van der Waals surface area (Å²) in [5.41, 5.74) is 1.92. The number of rotatable bonds is 2. The number of thiophene rings is 1. The highest BCUT2D eigenvalue weighted by Gasteiger charge is 2.23. The topological polar surface area (TPSA) is 39.9 Å². The molecule has 0 saturated carbocycles. The SMILES string of the molecule is c1csc(-c2nc3cccnc3n2C2CCCOC2)c1. The molecule has 1 unspecified atom stereocenters. The number of aromatic nitrogens is 3. The molecule has 0 aromatic carbocycles. The normalized spacial score (nSPS) is 19.5. The maximum atomic E-state index is 5.65. The van der Waals surface area contributed by atoms with E-state index in [2.05, 4.69) is 27.1 Å². The van der Waals surface area contributed by atoms with Crippen LogP contribution in [0.25, 0.3) is 21.9 Å². The molecule has 0 radical (unpaired) electrons. The van der Waals surface area contributed by atoms with Gasteiger partial charge >= 0.3 is 0 Å². The average Bonchev–Trinajstić information content (AvgIpc) is 3.15. The first-order chi connectivity index (χ1) is 9.93. The van der Waals surface area contributed by atoms with E-state index in [9.17, 15) is 0 Å². The maximum absolute atomic E-state index is 5.65. The van der Waals surface area contributed by atoms with Gasteiger partial charge in [0.1, 0.15) is 5.52 Å². The molecular weight excluding hydrogens is 270 g/mol. The lowest BCUT2D eigenvalue weighted by molar-refractivity contribution is 0.0608. The van der Waals surface area contributed by atoms with Crippen LogP contribution >= 0.6 is 11.3 Å². The number of fused-ring (bicyclic) bond motifs is 1.